The van der Waals surface area contributed by atoms with Gasteiger partial charge in [-0.25, -0.2) is 4.39 Å². The van der Waals surface area contributed by atoms with Crippen LogP contribution in [0.2, 0.25) is 0 Å². The van der Waals surface area contributed by atoms with Gasteiger partial charge in [-0.2, -0.15) is 0 Å². The first-order chi connectivity index (χ1) is 9.00. The Balaban J connectivity index is 2.34. The van der Waals surface area contributed by atoms with Gasteiger partial charge in [-0.05, 0) is 30.7 Å². The van der Waals surface area contributed by atoms with E-state index in [0.717, 1.165) is 0 Å². The maximum absolute atomic E-state index is 13.6. The summed E-state index contributed by atoms with van der Waals surface area (Å²) in [7, 11) is 0. The zero-order valence-electron chi connectivity index (χ0n) is 10.1. The molecule has 1 amide bonds. The number of benzene rings is 2. The lowest BCUT2D eigenvalue weighted by molar-refractivity contribution is 0.102. The number of hydrogen-bond donors (Lipinski definition) is 3. The Hall–Kier alpha value is -2.56. The SMILES string of the molecule is Cc1cccc(F)c1NC(=O)c1cccc(O)c1O. The summed E-state index contributed by atoms with van der Waals surface area (Å²) in [5.41, 5.74) is 0.492. The second-order valence-corrected chi connectivity index (χ2v) is 4.06. The maximum atomic E-state index is 13.6. The lowest BCUT2D eigenvalue weighted by atomic mass is 10.1. The second-order valence-electron chi connectivity index (χ2n) is 4.06. The van der Waals surface area contributed by atoms with Gasteiger partial charge >= 0.3 is 0 Å². The molecule has 19 heavy (non-hydrogen) atoms. The number of amides is 1. The Labute approximate surface area is 109 Å². The predicted octanol–water partition coefficient (Wildman–Crippen LogP) is 2.80. The number of aryl methyl sites for hydroxylation is 1. The zero-order chi connectivity index (χ0) is 14.0. The normalized spacial score (nSPS) is 10.2. The molecule has 0 radical (unpaired) electrons. The van der Waals surface area contributed by atoms with E-state index in [2.05, 4.69) is 5.32 Å². The third kappa shape index (κ3) is 2.49. The molecule has 2 rings (SSSR count). The van der Waals surface area contributed by atoms with Gasteiger partial charge in [0, 0.05) is 0 Å². The third-order valence-corrected chi connectivity index (χ3v) is 2.72. The number of carbonyl (C=O) groups is 1. The van der Waals surface area contributed by atoms with Crippen LogP contribution in [0.3, 0.4) is 0 Å². The largest absolute Gasteiger partial charge is 0.504 e. The molecular formula is C14H12FNO3. The number of hydrogen-bond acceptors (Lipinski definition) is 3. The molecule has 0 saturated heterocycles. The number of phenols is 2. The summed E-state index contributed by atoms with van der Waals surface area (Å²) in [6, 6.07) is 8.41. The average Bonchev–Trinajstić information content (AvgIpc) is 2.37. The van der Waals surface area contributed by atoms with E-state index in [1.54, 1.807) is 13.0 Å². The Morgan fingerprint density at radius 3 is 2.53 bits per heavy atom. The maximum Gasteiger partial charge on any atom is 0.259 e. The molecule has 2 aromatic rings. The summed E-state index contributed by atoms with van der Waals surface area (Å²) in [6.07, 6.45) is 0. The number of anilines is 1. The van der Waals surface area contributed by atoms with Gasteiger partial charge in [0.2, 0.25) is 0 Å². The Kier molecular flexibility index (Phi) is 3.37. The van der Waals surface area contributed by atoms with Crippen molar-refractivity contribution in [3.05, 3.63) is 53.3 Å². The quantitative estimate of drug-likeness (QED) is 0.728. The number of rotatable bonds is 2. The summed E-state index contributed by atoms with van der Waals surface area (Å²) in [6.45, 7) is 1.65. The third-order valence-electron chi connectivity index (χ3n) is 2.72. The number of phenolic OH excluding ortho intramolecular Hbond substituents is 2. The average molecular weight is 261 g/mol. The van der Waals surface area contributed by atoms with Gasteiger partial charge in [-0.3, -0.25) is 4.79 Å². The molecule has 0 spiro atoms. The van der Waals surface area contributed by atoms with Gasteiger partial charge in [0.25, 0.3) is 5.91 Å². The standard InChI is InChI=1S/C14H12FNO3/c1-8-4-2-6-10(15)12(8)16-14(19)9-5-3-7-11(17)13(9)18/h2-7,17-18H,1H3,(H,16,19). The van der Waals surface area contributed by atoms with Crippen LogP contribution in [0, 0.1) is 12.7 Å². The van der Waals surface area contributed by atoms with Crippen LogP contribution in [0.4, 0.5) is 10.1 Å². The van der Waals surface area contributed by atoms with Gasteiger partial charge in [0.1, 0.15) is 5.82 Å². The number of halogens is 1. The van der Waals surface area contributed by atoms with E-state index < -0.39 is 23.2 Å². The van der Waals surface area contributed by atoms with Crippen LogP contribution in [-0.4, -0.2) is 16.1 Å². The van der Waals surface area contributed by atoms with E-state index in [-0.39, 0.29) is 11.3 Å². The summed E-state index contributed by atoms with van der Waals surface area (Å²) < 4.78 is 13.6. The van der Waals surface area contributed by atoms with Crippen LogP contribution < -0.4 is 5.32 Å². The van der Waals surface area contributed by atoms with Crippen molar-refractivity contribution in [1.29, 1.82) is 0 Å². The fourth-order valence-corrected chi connectivity index (χ4v) is 1.69. The molecule has 0 aliphatic rings. The van der Waals surface area contributed by atoms with Crippen LogP contribution in [-0.2, 0) is 0 Å². The van der Waals surface area contributed by atoms with E-state index in [1.165, 1.54) is 30.3 Å². The highest BCUT2D eigenvalue weighted by Gasteiger charge is 2.16. The second kappa shape index (κ2) is 4.97. The minimum Gasteiger partial charge on any atom is -0.504 e. The van der Waals surface area contributed by atoms with Gasteiger partial charge in [-0.15, -0.1) is 0 Å². The topological polar surface area (TPSA) is 69.6 Å². The molecule has 0 aromatic heterocycles. The van der Waals surface area contributed by atoms with Gasteiger partial charge in [-0.1, -0.05) is 18.2 Å². The molecular weight excluding hydrogens is 249 g/mol. The fourth-order valence-electron chi connectivity index (χ4n) is 1.69. The molecule has 0 bridgehead atoms. The monoisotopic (exact) mass is 261 g/mol. The molecule has 0 fully saturated rings. The van der Waals surface area contributed by atoms with Gasteiger partial charge in [0.05, 0.1) is 11.3 Å². The Bertz CT molecular complexity index is 620. The van der Waals surface area contributed by atoms with Crippen molar-refractivity contribution in [2.45, 2.75) is 6.92 Å². The molecule has 0 heterocycles. The Morgan fingerprint density at radius 2 is 1.84 bits per heavy atom. The first-order valence-corrected chi connectivity index (χ1v) is 5.58. The van der Waals surface area contributed by atoms with E-state index in [0.29, 0.717) is 5.56 Å². The molecule has 3 N–H and O–H groups in total. The van der Waals surface area contributed by atoms with E-state index in [4.69, 9.17) is 0 Å². The van der Waals surface area contributed by atoms with E-state index in [1.807, 2.05) is 0 Å². The van der Waals surface area contributed by atoms with E-state index >= 15 is 0 Å². The number of para-hydroxylation sites is 2. The minimum atomic E-state index is -0.693. The fraction of sp³-hybridized carbons (Fsp3) is 0.0714. The molecule has 0 atom stereocenters. The molecule has 0 aliphatic heterocycles. The van der Waals surface area contributed by atoms with Crippen LogP contribution in [0.25, 0.3) is 0 Å². The summed E-state index contributed by atoms with van der Waals surface area (Å²) in [5.74, 6) is -2.19. The van der Waals surface area contributed by atoms with Crippen LogP contribution >= 0.6 is 0 Å². The zero-order valence-corrected chi connectivity index (χ0v) is 10.1. The summed E-state index contributed by atoms with van der Waals surface area (Å²) in [4.78, 5) is 11.9. The lowest BCUT2D eigenvalue weighted by Gasteiger charge is -2.10. The highest BCUT2D eigenvalue weighted by molar-refractivity contribution is 6.07. The molecule has 5 heteroatoms. The number of carbonyl (C=O) groups excluding carboxylic acids is 1. The molecule has 0 aliphatic carbocycles. The van der Waals surface area contributed by atoms with Crippen molar-refractivity contribution in [3.63, 3.8) is 0 Å². The molecule has 0 unspecified atom stereocenters. The number of nitrogens with one attached hydrogen (secondary N) is 1. The number of aromatic hydroxyl groups is 2. The summed E-state index contributed by atoms with van der Waals surface area (Å²) >= 11 is 0. The van der Waals surface area contributed by atoms with Crippen LogP contribution in [0.15, 0.2) is 36.4 Å². The predicted molar refractivity (Wildman–Crippen MR) is 68.9 cm³/mol. The van der Waals surface area contributed by atoms with Crippen molar-refractivity contribution < 1.29 is 19.4 Å². The highest BCUT2D eigenvalue weighted by Crippen LogP contribution is 2.29. The van der Waals surface area contributed by atoms with Crippen LogP contribution in [0.5, 0.6) is 11.5 Å². The van der Waals surface area contributed by atoms with Crippen molar-refractivity contribution in [2.75, 3.05) is 5.32 Å². The Morgan fingerprint density at radius 1 is 1.16 bits per heavy atom. The molecule has 2 aromatic carbocycles. The first kappa shape index (κ1) is 12.9. The smallest absolute Gasteiger partial charge is 0.259 e. The van der Waals surface area contributed by atoms with E-state index in [9.17, 15) is 19.4 Å². The van der Waals surface area contributed by atoms with Crippen molar-refractivity contribution in [3.8, 4) is 11.5 Å². The first-order valence-electron chi connectivity index (χ1n) is 5.58. The molecule has 0 saturated carbocycles. The lowest BCUT2D eigenvalue weighted by Crippen LogP contribution is -2.14. The van der Waals surface area contributed by atoms with Gasteiger partial charge in [0.15, 0.2) is 11.5 Å². The summed E-state index contributed by atoms with van der Waals surface area (Å²) in [5, 5.41) is 21.3. The molecule has 4 nitrogen and oxygen atoms in total. The molecule has 98 valence electrons. The van der Waals surface area contributed by atoms with Crippen molar-refractivity contribution >= 4 is 11.6 Å². The van der Waals surface area contributed by atoms with Crippen molar-refractivity contribution in [2.24, 2.45) is 0 Å². The minimum absolute atomic E-state index is 0.0512. The van der Waals surface area contributed by atoms with Gasteiger partial charge < -0.3 is 15.5 Å². The highest BCUT2D eigenvalue weighted by atomic mass is 19.1. The van der Waals surface area contributed by atoms with Crippen molar-refractivity contribution in [1.82, 2.24) is 0 Å². The van der Waals surface area contributed by atoms with Crippen LogP contribution in [0.1, 0.15) is 15.9 Å².